The molecule has 0 spiro atoms. The molecule has 144 valence electrons. The third-order valence-corrected chi connectivity index (χ3v) is 3.41. The first-order chi connectivity index (χ1) is 10.8. The molecular weight excluding hydrogens is 476 g/mol. The molecular formula is C13H20F3IN4O3S. The lowest BCUT2D eigenvalue weighted by Gasteiger charge is -2.23. The van der Waals surface area contributed by atoms with E-state index in [4.69, 9.17) is 5.73 Å². The van der Waals surface area contributed by atoms with Crippen molar-refractivity contribution >= 4 is 45.6 Å². The van der Waals surface area contributed by atoms with Crippen molar-refractivity contribution in [2.75, 3.05) is 18.1 Å². The van der Waals surface area contributed by atoms with Gasteiger partial charge in [0.1, 0.15) is 0 Å². The Bertz CT molecular complexity index is 709. The fourth-order valence-corrected chi connectivity index (χ4v) is 2.85. The molecule has 4 N–H and O–H groups in total. The van der Waals surface area contributed by atoms with E-state index in [-0.39, 0.29) is 42.2 Å². The lowest BCUT2D eigenvalue weighted by Crippen LogP contribution is -2.45. The average Bonchev–Trinajstić information content (AvgIpc) is 2.34. The molecule has 0 amide bonds. The van der Waals surface area contributed by atoms with Crippen molar-refractivity contribution in [3.63, 3.8) is 0 Å². The third-order valence-electron chi connectivity index (χ3n) is 2.48. The molecule has 1 aromatic carbocycles. The minimum Gasteiger partial charge on any atom is -0.404 e. The maximum atomic E-state index is 12.3. The molecule has 0 saturated heterocycles. The number of guanidine groups is 1. The summed E-state index contributed by atoms with van der Waals surface area (Å²) < 4.78 is 65.7. The van der Waals surface area contributed by atoms with E-state index in [1.54, 1.807) is 13.8 Å². The van der Waals surface area contributed by atoms with Crippen LogP contribution in [0.15, 0.2) is 29.3 Å². The molecule has 7 nitrogen and oxygen atoms in total. The van der Waals surface area contributed by atoms with Crippen LogP contribution < -0.4 is 20.5 Å². The Labute approximate surface area is 161 Å². The van der Waals surface area contributed by atoms with E-state index in [2.05, 4.69) is 19.8 Å². The van der Waals surface area contributed by atoms with Gasteiger partial charge in [-0.05, 0) is 26.0 Å². The van der Waals surface area contributed by atoms with Crippen molar-refractivity contribution < 1.29 is 26.3 Å². The van der Waals surface area contributed by atoms with Crippen LogP contribution in [0, 0.1) is 0 Å². The first-order valence-corrected chi connectivity index (χ1v) is 8.57. The van der Waals surface area contributed by atoms with Crippen LogP contribution in [0.2, 0.25) is 0 Å². The van der Waals surface area contributed by atoms with Gasteiger partial charge in [-0.25, -0.2) is 13.1 Å². The number of benzene rings is 1. The molecule has 0 fully saturated rings. The van der Waals surface area contributed by atoms with Crippen LogP contribution >= 0.6 is 24.0 Å². The van der Waals surface area contributed by atoms with Gasteiger partial charge < -0.3 is 15.8 Å². The summed E-state index contributed by atoms with van der Waals surface area (Å²) in [4.78, 5) is 3.93. The number of halogens is 4. The highest BCUT2D eigenvalue weighted by Gasteiger charge is 2.32. The smallest absolute Gasteiger partial charge is 0.404 e. The molecule has 0 atom stereocenters. The summed E-state index contributed by atoms with van der Waals surface area (Å²) >= 11 is 0. The van der Waals surface area contributed by atoms with E-state index >= 15 is 0 Å². The predicted octanol–water partition coefficient (Wildman–Crippen LogP) is 2.26. The Morgan fingerprint density at radius 1 is 1.28 bits per heavy atom. The Hall–Kier alpha value is -1.28. The van der Waals surface area contributed by atoms with Crippen LogP contribution in [0.5, 0.6) is 5.75 Å². The molecule has 1 rings (SSSR count). The zero-order valence-corrected chi connectivity index (χ0v) is 16.9. The highest BCUT2D eigenvalue weighted by Crippen LogP contribution is 2.29. The number of nitrogens with one attached hydrogen (secondary N) is 2. The molecule has 0 radical (unpaired) electrons. The average molecular weight is 496 g/mol. The Kier molecular flexibility index (Phi) is 8.44. The maximum Gasteiger partial charge on any atom is 0.573 e. The third kappa shape index (κ3) is 10.3. The topological polar surface area (TPSA) is 106 Å². The van der Waals surface area contributed by atoms with Gasteiger partial charge in [0.25, 0.3) is 0 Å². The standard InChI is InChI=1S/C13H19F3N4O3S.HI/c1-12(2,20-24(3,21)22)8-18-11(17)19-9-6-4-5-7-10(9)23-13(14,15)16;/h4-7,20H,8H2,1-3H3,(H3,17,18,19);1H. The van der Waals surface area contributed by atoms with Gasteiger partial charge in [-0.3, -0.25) is 4.99 Å². The van der Waals surface area contributed by atoms with Crippen LogP contribution in [0.25, 0.3) is 0 Å². The summed E-state index contributed by atoms with van der Waals surface area (Å²) in [6.45, 7) is 3.15. The monoisotopic (exact) mass is 496 g/mol. The SMILES string of the molecule is CC(C)(CN=C(N)Nc1ccccc1OC(F)(F)F)NS(C)(=O)=O.I. The number of hydrogen-bond donors (Lipinski definition) is 3. The zero-order chi connectivity index (χ0) is 18.6. The van der Waals surface area contributed by atoms with E-state index < -0.39 is 27.7 Å². The molecule has 0 bridgehead atoms. The highest BCUT2D eigenvalue weighted by molar-refractivity contribution is 14.0. The van der Waals surface area contributed by atoms with Crippen LogP contribution in [-0.2, 0) is 10.0 Å². The second kappa shape index (κ2) is 8.89. The number of sulfonamides is 1. The van der Waals surface area contributed by atoms with Crippen LogP contribution in [-0.4, -0.2) is 39.1 Å². The molecule has 12 heteroatoms. The number of alkyl halides is 3. The molecule has 0 aliphatic rings. The molecule has 0 unspecified atom stereocenters. The van der Waals surface area contributed by atoms with Gasteiger partial charge in [0.05, 0.1) is 18.5 Å². The molecule has 25 heavy (non-hydrogen) atoms. The second-order valence-electron chi connectivity index (χ2n) is 5.63. The maximum absolute atomic E-state index is 12.3. The number of ether oxygens (including phenoxy) is 1. The van der Waals surface area contributed by atoms with E-state index in [1.165, 1.54) is 18.2 Å². The van der Waals surface area contributed by atoms with Gasteiger partial charge in [0, 0.05) is 5.54 Å². The molecule has 0 aliphatic heterocycles. The van der Waals surface area contributed by atoms with E-state index in [9.17, 15) is 21.6 Å². The van der Waals surface area contributed by atoms with Crippen LogP contribution in [0.4, 0.5) is 18.9 Å². The molecule has 0 saturated carbocycles. The summed E-state index contributed by atoms with van der Waals surface area (Å²) in [5.74, 6) is -0.645. The normalized spacial score (nSPS) is 13.1. The largest absolute Gasteiger partial charge is 0.573 e. The summed E-state index contributed by atoms with van der Waals surface area (Å²) in [7, 11) is -3.44. The predicted molar refractivity (Wildman–Crippen MR) is 101 cm³/mol. The highest BCUT2D eigenvalue weighted by atomic mass is 127. The first kappa shape index (κ1) is 23.7. The minimum atomic E-state index is -4.84. The number of nitrogens with two attached hydrogens (primary N) is 1. The number of hydrogen-bond acceptors (Lipinski definition) is 4. The Balaban J connectivity index is 0.00000576. The van der Waals surface area contributed by atoms with E-state index in [1.807, 2.05) is 0 Å². The molecule has 0 aliphatic carbocycles. The molecule has 0 heterocycles. The summed E-state index contributed by atoms with van der Waals surface area (Å²) in [5, 5.41) is 2.49. The van der Waals surface area contributed by atoms with Crippen molar-refractivity contribution in [3.8, 4) is 5.75 Å². The number of aliphatic imine (C=N–C) groups is 1. The quantitative estimate of drug-likeness (QED) is 0.319. The number of para-hydroxylation sites is 2. The van der Waals surface area contributed by atoms with Gasteiger partial charge in [0.2, 0.25) is 10.0 Å². The fraction of sp³-hybridized carbons (Fsp3) is 0.462. The summed E-state index contributed by atoms with van der Waals surface area (Å²) in [6.07, 6.45) is -3.84. The fourth-order valence-electron chi connectivity index (χ4n) is 1.78. The first-order valence-electron chi connectivity index (χ1n) is 6.68. The molecule has 1 aromatic rings. The van der Waals surface area contributed by atoms with Crippen molar-refractivity contribution in [2.24, 2.45) is 10.7 Å². The van der Waals surface area contributed by atoms with Crippen molar-refractivity contribution in [2.45, 2.75) is 25.7 Å². The lowest BCUT2D eigenvalue weighted by molar-refractivity contribution is -0.274. The zero-order valence-electron chi connectivity index (χ0n) is 13.7. The summed E-state index contributed by atoms with van der Waals surface area (Å²) in [5.41, 5.74) is 4.70. The Morgan fingerprint density at radius 2 is 1.84 bits per heavy atom. The second-order valence-corrected chi connectivity index (χ2v) is 7.38. The van der Waals surface area contributed by atoms with Gasteiger partial charge in [-0.1, -0.05) is 12.1 Å². The van der Waals surface area contributed by atoms with Crippen molar-refractivity contribution in [3.05, 3.63) is 24.3 Å². The van der Waals surface area contributed by atoms with E-state index in [0.29, 0.717) is 0 Å². The van der Waals surface area contributed by atoms with E-state index in [0.717, 1.165) is 12.3 Å². The van der Waals surface area contributed by atoms with Crippen LogP contribution in [0.3, 0.4) is 0 Å². The van der Waals surface area contributed by atoms with Gasteiger partial charge >= 0.3 is 6.36 Å². The van der Waals surface area contributed by atoms with Gasteiger partial charge in [0.15, 0.2) is 11.7 Å². The van der Waals surface area contributed by atoms with Crippen molar-refractivity contribution in [1.29, 1.82) is 0 Å². The van der Waals surface area contributed by atoms with Crippen LogP contribution in [0.1, 0.15) is 13.8 Å². The number of rotatable bonds is 6. The number of anilines is 1. The van der Waals surface area contributed by atoms with Gasteiger partial charge in [-0.15, -0.1) is 37.1 Å². The van der Waals surface area contributed by atoms with Crippen molar-refractivity contribution in [1.82, 2.24) is 4.72 Å². The summed E-state index contributed by atoms with van der Waals surface area (Å²) in [6, 6.07) is 5.33. The van der Waals surface area contributed by atoms with Gasteiger partial charge in [-0.2, -0.15) is 0 Å². The Morgan fingerprint density at radius 3 is 2.36 bits per heavy atom. The lowest BCUT2D eigenvalue weighted by atomic mass is 10.1. The molecule has 0 aromatic heterocycles. The minimum absolute atomic E-state index is 0. The number of nitrogens with zero attached hydrogens (tertiary/aromatic N) is 1.